The third-order valence-electron chi connectivity index (χ3n) is 6.77. The van der Waals surface area contributed by atoms with Gasteiger partial charge in [0.1, 0.15) is 0 Å². The van der Waals surface area contributed by atoms with Gasteiger partial charge in [0.25, 0.3) is 0 Å². The lowest BCUT2D eigenvalue weighted by Gasteiger charge is -2.19. The van der Waals surface area contributed by atoms with Crippen LogP contribution in [0.25, 0.3) is 21.9 Å². The Hall–Kier alpha value is -3.95. The Bertz CT molecular complexity index is 1300. The normalized spacial score (nSPS) is 9.82. The van der Waals surface area contributed by atoms with Gasteiger partial charge in [0.2, 0.25) is 0 Å². The molecule has 0 saturated carbocycles. The van der Waals surface area contributed by atoms with Crippen LogP contribution in [-0.2, 0) is 0 Å². The number of aromatic nitrogens is 1. The van der Waals surface area contributed by atoms with E-state index in [1.165, 1.54) is 58.5 Å². The van der Waals surface area contributed by atoms with Crippen LogP contribution >= 0.6 is 0 Å². The van der Waals surface area contributed by atoms with Crippen molar-refractivity contribution in [2.75, 3.05) is 13.6 Å². The molecule has 0 aliphatic rings. The molecule has 0 bridgehead atoms. The monoisotopic (exact) mass is 610 g/mol. The first-order valence-corrected chi connectivity index (χ1v) is 16.5. The number of benzene rings is 3. The molecule has 3 N–H and O–H groups in total. The molecule has 4 aromatic rings. The summed E-state index contributed by atoms with van der Waals surface area (Å²) in [7, 11) is 1.50. The molecule has 246 valence electrons. The van der Waals surface area contributed by atoms with E-state index in [1.54, 1.807) is 0 Å². The first-order chi connectivity index (χ1) is 21.9. The van der Waals surface area contributed by atoms with E-state index in [4.69, 9.17) is 0 Å². The third kappa shape index (κ3) is 16.1. The van der Waals surface area contributed by atoms with Crippen LogP contribution in [0, 0.1) is 20.8 Å². The Labute approximate surface area is 277 Å². The van der Waals surface area contributed by atoms with Crippen molar-refractivity contribution in [3.63, 3.8) is 0 Å². The van der Waals surface area contributed by atoms with E-state index in [-0.39, 0.29) is 0 Å². The molecule has 3 nitrogen and oxygen atoms in total. The third-order valence-corrected chi connectivity index (χ3v) is 6.77. The smallest absolute Gasteiger partial charge is 0.0375 e. The first-order valence-electron chi connectivity index (χ1n) is 16.5. The Morgan fingerprint density at radius 1 is 0.867 bits per heavy atom. The zero-order valence-electron chi connectivity index (χ0n) is 30.0. The highest BCUT2D eigenvalue weighted by atomic mass is 14.9. The molecule has 1 heterocycles. The maximum Gasteiger partial charge on any atom is 0.0375 e. The lowest BCUT2D eigenvalue weighted by atomic mass is 9.91. The molecule has 45 heavy (non-hydrogen) atoms. The topological polar surface area (TPSA) is 50.9 Å². The van der Waals surface area contributed by atoms with Gasteiger partial charge in [-0.25, -0.2) is 0 Å². The van der Waals surface area contributed by atoms with Crippen LogP contribution in [0.15, 0.2) is 117 Å². The summed E-state index contributed by atoms with van der Waals surface area (Å²) in [6.45, 7) is 31.5. The van der Waals surface area contributed by atoms with Crippen molar-refractivity contribution in [3.05, 3.63) is 139 Å². The zero-order chi connectivity index (χ0) is 34.6. The summed E-state index contributed by atoms with van der Waals surface area (Å²) in [5.74, 6) is 0.412. The summed E-state index contributed by atoms with van der Waals surface area (Å²) in [5, 5.41) is 6.18. The number of allylic oxidation sites excluding steroid dienone is 2. The molecule has 0 radical (unpaired) electrons. The van der Waals surface area contributed by atoms with Gasteiger partial charge in [-0.2, -0.15) is 0 Å². The molecule has 1 atom stereocenters. The molecule has 4 rings (SSSR count). The van der Waals surface area contributed by atoms with E-state index < -0.39 is 0 Å². The Morgan fingerprint density at radius 2 is 1.47 bits per heavy atom. The van der Waals surface area contributed by atoms with Gasteiger partial charge in [0.05, 0.1) is 0 Å². The van der Waals surface area contributed by atoms with E-state index >= 15 is 0 Å². The van der Waals surface area contributed by atoms with Crippen molar-refractivity contribution in [1.82, 2.24) is 10.3 Å². The molecule has 0 fully saturated rings. The van der Waals surface area contributed by atoms with Gasteiger partial charge in [0, 0.05) is 30.1 Å². The fraction of sp³-hybridized carbons (Fsp3) is 0.357. The average molecular weight is 610 g/mol. The van der Waals surface area contributed by atoms with Crippen LogP contribution in [0.1, 0.15) is 88.6 Å². The minimum Gasteiger partial charge on any atom is -0.388 e. The Kier molecular flexibility index (Phi) is 26.5. The highest BCUT2D eigenvalue weighted by Gasteiger charge is 2.12. The van der Waals surface area contributed by atoms with Crippen LogP contribution in [0.5, 0.6) is 0 Å². The lowest BCUT2D eigenvalue weighted by molar-refractivity contribution is 0.614. The number of unbranched alkanes of at least 4 members (excludes halogenated alkanes) is 1. The maximum atomic E-state index is 4.50. The molecule has 0 aliphatic carbocycles. The number of hydrogen-bond acceptors (Lipinski definition) is 3. The van der Waals surface area contributed by atoms with Crippen molar-refractivity contribution in [2.24, 2.45) is 5.73 Å². The Balaban J connectivity index is 0. The molecular formula is C42H63N3. The van der Waals surface area contributed by atoms with E-state index in [2.05, 4.69) is 130 Å². The van der Waals surface area contributed by atoms with Crippen molar-refractivity contribution in [3.8, 4) is 11.1 Å². The molecule has 3 heteroatoms. The lowest BCUT2D eigenvalue weighted by Crippen LogP contribution is -2.20. The van der Waals surface area contributed by atoms with Crippen LogP contribution in [0.2, 0.25) is 0 Å². The minimum atomic E-state index is 0.412. The van der Waals surface area contributed by atoms with Crippen LogP contribution in [0.4, 0.5) is 0 Å². The number of hydrogen-bond donors (Lipinski definition) is 2. The molecule has 0 spiro atoms. The van der Waals surface area contributed by atoms with Gasteiger partial charge in [-0.05, 0) is 97.8 Å². The van der Waals surface area contributed by atoms with Crippen LogP contribution in [-0.4, -0.2) is 18.6 Å². The molecule has 0 saturated heterocycles. The second-order valence-corrected chi connectivity index (χ2v) is 9.88. The highest BCUT2D eigenvalue weighted by Crippen LogP contribution is 2.31. The van der Waals surface area contributed by atoms with Crippen molar-refractivity contribution in [2.45, 2.75) is 87.0 Å². The largest absolute Gasteiger partial charge is 0.388 e. The first kappa shape index (κ1) is 43.2. The zero-order valence-corrected chi connectivity index (χ0v) is 30.0. The quantitative estimate of drug-likeness (QED) is 0.176. The SMILES string of the molecule is C=C.C=CCC(CNC(=C)CCCC)c1ccc(-c2cccc3c(C)cccc23)cc1.CC.CC.CN.Cc1ccnc(C)c1. The predicted octanol–water partition coefficient (Wildman–Crippen LogP) is 11.9. The van der Waals surface area contributed by atoms with Gasteiger partial charge in [-0.15, -0.1) is 19.7 Å². The Morgan fingerprint density at radius 3 is 2.00 bits per heavy atom. The molecule has 1 aromatic heterocycles. The van der Waals surface area contributed by atoms with Crippen molar-refractivity contribution < 1.29 is 0 Å². The van der Waals surface area contributed by atoms with Crippen LogP contribution in [0.3, 0.4) is 0 Å². The summed E-state index contributed by atoms with van der Waals surface area (Å²) < 4.78 is 0. The highest BCUT2D eigenvalue weighted by molar-refractivity contribution is 5.98. The van der Waals surface area contributed by atoms with E-state index in [9.17, 15) is 0 Å². The number of aryl methyl sites for hydroxylation is 3. The van der Waals surface area contributed by atoms with E-state index in [1.807, 2.05) is 53.0 Å². The number of pyridine rings is 1. The number of rotatable bonds is 10. The predicted molar refractivity (Wildman–Crippen MR) is 206 cm³/mol. The minimum absolute atomic E-state index is 0.412. The van der Waals surface area contributed by atoms with Gasteiger partial charge in [0.15, 0.2) is 0 Å². The number of nitrogens with two attached hydrogens (primary N) is 1. The molecule has 3 aromatic carbocycles. The maximum absolute atomic E-state index is 4.50. The van der Waals surface area contributed by atoms with Gasteiger partial charge >= 0.3 is 0 Å². The van der Waals surface area contributed by atoms with Gasteiger partial charge in [-0.3, -0.25) is 4.98 Å². The summed E-state index contributed by atoms with van der Waals surface area (Å²) in [6.07, 6.45) is 8.24. The fourth-order valence-electron chi connectivity index (χ4n) is 4.63. The van der Waals surface area contributed by atoms with Crippen molar-refractivity contribution >= 4 is 10.8 Å². The summed E-state index contributed by atoms with van der Waals surface area (Å²) >= 11 is 0. The summed E-state index contributed by atoms with van der Waals surface area (Å²) in [6, 6.07) is 26.2. The van der Waals surface area contributed by atoms with Crippen LogP contribution < -0.4 is 11.1 Å². The molecule has 0 amide bonds. The summed E-state index contributed by atoms with van der Waals surface area (Å²) in [4.78, 5) is 4.04. The van der Waals surface area contributed by atoms with E-state index in [0.29, 0.717) is 5.92 Å². The average Bonchev–Trinajstić information content (AvgIpc) is 3.09. The molecule has 1 unspecified atom stereocenters. The number of nitrogens with zero attached hydrogens (tertiary/aromatic N) is 1. The van der Waals surface area contributed by atoms with Gasteiger partial charge in [-0.1, -0.05) is 114 Å². The standard InChI is InChI=1S/C28H33N.C7H9N.2C2H6.C2H4.CH5N/c1-5-7-12-22(4)29-20-25(10-6-2)23-16-18-24(19-17-23)27-14-9-13-26-21(3)11-8-15-28(26)27;1-6-3-4-8-7(2)5-6;4*1-2/h6,8-9,11,13-19,25,29H,2,4-5,7,10,12,20H2,1,3H3;3-5H,1-2H3;2*1-2H3;1-2H2;2H2,1H3. The molecule has 0 aliphatic heterocycles. The fourth-order valence-corrected chi connectivity index (χ4v) is 4.63. The summed E-state index contributed by atoms with van der Waals surface area (Å²) in [5.41, 5.74) is 13.2. The van der Waals surface area contributed by atoms with E-state index in [0.717, 1.165) is 30.8 Å². The second-order valence-electron chi connectivity index (χ2n) is 9.88. The molecular weight excluding hydrogens is 546 g/mol. The number of nitrogens with one attached hydrogen (secondary N) is 1. The van der Waals surface area contributed by atoms with Crippen molar-refractivity contribution in [1.29, 1.82) is 0 Å². The number of fused-ring (bicyclic) bond motifs is 1. The second kappa shape index (κ2) is 27.6. The van der Waals surface area contributed by atoms with Gasteiger partial charge < -0.3 is 11.1 Å².